The Balaban J connectivity index is 2.27. The van der Waals surface area contributed by atoms with Crippen molar-refractivity contribution in [1.82, 2.24) is 5.32 Å². The lowest BCUT2D eigenvalue weighted by Gasteiger charge is -2.29. The molecule has 0 aliphatic heterocycles. The minimum Gasteiger partial charge on any atom is -0.495 e. The van der Waals surface area contributed by atoms with Crippen molar-refractivity contribution in [3.05, 3.63) is 23.2 Å². The van der Waals surface area contributed by atoms with Crippen molar-refractivity contribution in [2.45, 2.75) is 44.7 Å². The summed E-state index contributed by atoms with van der Waals surface area (Å²) in [7, 11) is -2.18. The molecule has 0 bridgehead atoms. The lowest BCUT2D eigenvalue weighted by molar-refractivity contribution is -0.122. The number of sulfonamides is 1. The third-order valence-corrected chi connectivity index (χ3v) is 5.72. The molecular formula is C16H23ClN2O4S. The topological polar surface area (TPSA) is 75.7 Å². The van der Waals surface area contributed by atoms with Crippen LogP contribution in [-0.4, -0.2) is 39.8 Å². The van der Waals surface area contributed by atoms with E-state index in [2.05, 4.69) is 5.32 Å². The number of methoxy groups -OCH3 is 1. The minimum atomic E-state index is -3.66. The van der Waals surface area contributed by atoms with Crippen molar-refractivity contribution in [3.63, 3.8) is 0 Å². The van der Waals surface area contributed by atoms with Gasteiger partial charge in [0.1, 0.15) is 11.8 Å². The van der Waals surface area contributed by atoms with Crippen molar-refractivity contribution in [2.75, 3.05) is 17.7 Å². The zero-order valence-electron chi connectivity index (χ0n) is 14.1. The third-order valence-electron chi connectivity index (χ3n) is 4.18. The van der Waals surface area contributed by atoms with E-state index in [-0.39, 0.29) is 17.0 Å². The summed E-state index contributed by atoms with van der Waals surface area (Å²) >= 11 is 6.10. The Morgan fingerprint density at radius 2 is 2.00 bits per heavy atom. The second-order valence-corrected chi connectivity index (χ2v) is 8.31. The van der Waals surface area contributed by atoms with E-state index < -0.39 is 16.1 Å². The van der Waals surface area contributed by atoms with Crippen LogP contribution in [0.1, 0.15) is 32.6 Å². The standard InChI is InChI=1S/C16H23ClN2O4S/c1-11(16(20)18-12-6-4-5-7-12)19(24(3,21)22)13-8-9-15(23-2)14(17)10-13/h8-12H,4-7H2,1-3H3,(H,18,20)/t11-/m1/s1. The van der Waals surface area contributed by atoms with Crippen molar-refractivity contribution in [1.29, 1.82) is 0 Å². The van der Waals surface area contributed by atoms with Crippen LogP contribution >= 0.6 is 11.6 Å². The molecule has 0 radical (unpaired) electrons. The van der Waals surface area contributed by atoms with Gasteiger partial charge in [0.15, 0.2) is 0 Å². The molecule has 1 aliphatic carbocycles. The number of carbonyl (C=O) groups excluding carboxylic acids is 1. The number of nitrogens with one attached hydrogen (secondary N) is 1. The average Bonchev–Trinajstić information content (AvgIpc) is 2.99. The van der Waals surface area contributed by atoms with Crippen LogP contribution in [0.25, 0.3) is 0 Å². The highest BCUT2D eigenvalue weighted by Gasteiger charge is 2.31. The summed E-state index contributed by atoms with van der Waals surface area (Å²) < 4.78 is 30.7. The molecule has 1 saturated carbocycles. The maximum Gasteiger partial charge on any atom is 0.243 e. The molecule has 1 fully saturated rings. The maximum absolute atomic E-state index is 12.5. The molecule has 24 heavy (non-hydrogen) atoms. The molecule has 0 spiro atoms. The second-order valence-electron chi connectivity index (χ2n) is 6.04. The Hall–Kier alpha value is -1.47. The van der Waals surface area contributed by atoms with E-state index in [1.807, 2.05) is 0 Å². The predicted molar refractivity (Wildman–Crippen MR) is 95.2 cm³/mol. The Morgan fingerprint density at radius 3 is 2.50 bits per heavy atom. The first-order valence-electron chi connectivity index (χ1n) is 7.87. The Kier molecular flexibility index (Phi) is 5.98. The Morgan fingerprint density at radius 1 is 1.38 bits per heavy atom. The summed E-state index contributed by atoms with van der Waals surface area (Å²) in [5, 5.41) is 3.22. The number of carbonyl (C=O) groups is 1. The number of amides is 1. The van der Waals surface area contributed by atoms with Crippen LogP contribution in [0.4, 0.5) is 5.69 Å². The van der Waals surface area contributed by atoms with E-state index in [4.69, 9.17) is 16.3 Å². The monoisotopic (exact) mass is 374 g/mol. The molecule has 134 valence electrons. The van der Waals surface area contributed by atoms with Crippen LogP contribution in [0.15, 0.2) is 18.2 Å². The van der Waals surface area contributed by atoms with Gasteiger partial charge in [-0.15, -0.1) is 0 Å². The summed E-state index contributed by atoms with van der Waals surface area (Å²) in [5.74, 6) is 0.135. The van der Waals surface area contributed by atoms with Crippen LogP contribution in [0.3, 0.4) is 0 Å². The van der Waals surface area contributed by atoms with Crippen LogP contribution in [0.5, 0.6) is 5.75 Å². The molecule has 0 aromatic heterocycles. The van der Waals surface area contributed by atoms with Crippen LogP contribution < -0.4 is 14.4 Å². The summed E-state index contributed by atoms with van der Waals surface area (Å²) in [6.07, 6.45) is 5.12. The number of anilines is 1. The summed E-state index contributed by atoms with van der Waals surface area (Å²) in [6, 6.07) is 3.90. The number of ether oxygens (including phenoxy) is 1. The van der Waals surface area contributed by atoms with E-state index in [0.29, 0.717) is 11.4 Å². The minimum absolute atomic E-state index is 0.126. The fraction of sp³-hybridized carbons (Fsp3) is 0.562. The van der Waals surface area contributed by atoms with Gasteiger partial charge in [0.25, 0.3) is 0 Å². The van der Waals surface area contributed by atoms with Crippen molar-refractivity contribution >= 4 is 33.2 Å². The Bertz CT molecular complexity index is 702. The van der Waals surface area contributed by atoms with Gasteiger partial charge in [0.2, 0.25) is 15.9 Å². The first-order valence-corrected chi connectivity index (χ1v) is 10.1. The molecule has 8 heteroatoms. The van der Waals surface area contributed by atoms with Gasteiger partial charge in [0, 0.05) is 6.04 Å². The number of benzene rings is 1. The van der Waals surface area contributed by atoms with Gasteiger partial charge >= 0.3 is 0 Å². The lowest BCUT2D eigenvalue weighted by atomic mass is 10.2. The number of hydrogen-bond donors (Lipinski definition) is 1. The number of rotatable bonds is 6. The van der Waals surface area contributed by atoms with E-state index in [0.717, 1.165) is 36.2 Å². The van der Waals surface area contributed by atoms with Gasteiger partial charge in [-0.1, -0.05) is 24.4 Å². The first kappa shape index (κ1) is 18.9. The van der Waals surface area contributed by atoms with E-state index >= 15 is 0 Å². The van der Waals surface area contributed by atoms with Gasteiger partial charge in [-0.05, 0) is 38.0 Å². The second kappa shape index (κ2) is 7.61. The molecule has 0 saturated heterocycles. The molecule has 1 aliphatic rings. The van der Waals surface area contributed by atoms with E-state index in [1.165, 1.54) is 13.2 Å². The average molecular weight is 375 g/mol. The van der Waals surface area contributed by atoms with Crippen LogP contribution in [0.2, 0.25) is 5.02 Å². The molecule has 1 aromatic carbocycles. The normalized spacial score (nSPS) is 16.7. The summed E-state index contributed by atoms with van der Waals surface area (Å²) in [4.78, 5) is 12.5. The predicted octanol–water partition coefficient (Wildman–Crippen LogP) is 2.56. The fourth-order valence-corrected chi connectivity index (χ4v) is 4.41. The van der Waals surface area contributed by atoms with Gasteiger partial charge in [-0.25, -0.2) is 8.42 Å². The third kappa shape index (κ3) is 4.33. The smallest absolute Gasteiger partial charge is 0.243 e. The molecular weight excluding hydrogens is 352 g/mol. The van der Waals surface area contributed by atoms with E-state index in [9.17, 15) is 13.2 Å². The van der Waals surface area contributed by atoms with E-state index in [1.54, 1.807) is 19.1 Å². The number of hydrogen-bond acceptors (Lipinski definition) is 4. The molecule has 1 atom stereocenters. The quantitative estimate of drug-likeness (QED) is 0.830. The van der Waals surface area contributed by atoms with Crippen molar-refractivity contribution in [3.8, 4) is 5.75 Å². The van der Waals surface area contributed by atoms with Crippen molar-refractivity contribution < 1.29 is 17.9 Å². The highest BCUT2D eigenvalue weighted by Crippen LogP contribution is 2.31. The highest BCUT2D eigenvalue weighted by molar-refractivity contribution is 7.92. The van der Waals surface area contributed by atoms with Gasteiger partial charge in [-0.3, -0.25) is 9.10 Å². The molecule has 6 nitrogen and oxygen atoms in total. The summed E-state index contributed by atoms with van der Waals surface area (Å²) in [5.41, 5.74) is 0.331. The molecule has 1 aromatic rings. The summed E-state index contributed by atoms with van der Waals surface area (Å²) in [6.45, 7) is 1.57. The first-order chi connectivity index (χ1) is 11.2. The SMILES string of the molecule is COc1ccc(N([C@H](C)C(=O)NC2CCCC2)S(C)(=O)=O)cc1Cl. The molecule has 0 heterocycles. The molecule has 0 unspecified atom stereocenters. The van der Waals surface area contributed by atoms with Gasteiger partial charge < -0.3 is 10.1 Å². The zero-order chi connectivity index (χ0) is 17.9. The maximum atomic E-state index is 12.5. The number of halogens is 1. The van der Waals surface area contributed by atoms with Gasteiger partial charge in [-0.2, -0.15) is 0 Å². The lowest BCUT2D eigenvalue weighted by Crippen LogP contribution is -2.49. The zero-order valence-corrected chi connectivity index (χ0v) is 15.7. The van der Waals surface area contributed by atoms with Crippen LogP contribution in [0, 0.1) is 0 Å². The van der Waals surface area contributed by atoms with Crippen molar-refractivity contribution in [2.24, 2.45) is 0 Å². The molecule has 1 amide bonds. The van der Waals surface area contributed by atoms with Gasteiger partial charge in [0.05, 0.1) is 24.1 Å². The molecule has 1 N–H and O–H groups in total. The fourth-order valence-electron chi connectivity index (χ4n) is 2.99. The Labute approximate surface area is 148 Å². The largest absolute Gasteiger partial charge is 0.495 e. The highest BCUT2D eigenvalue weighted by atomic mass is 35.5. The van der Waals surface area contributed by atoms with Crippen LogP contribution in [-0.2, 0) is 14.8 Å². The molecule has 2 rings (SSSR count). The number of nitrogens with zero attached hydrogens (tertiary/aromatic N) is 1.